The van der Waals surface area contributed by atoms with Crippen molar-refractivity contribution in [2.75, 3.05) is 5.32 Å². The van der Waals surface area contributed by atoms with Gasteiger partial charge in [-0.3, -0.25) is 5.10 Å². The number of nitrogens with one attached hydrogen (secondary N) is 3. The number of nitrogens with zero attached hydrogens (tertiary/aromatic N) is 1. The number of urea groups is 1. The molecule has 16 heavy (non-hydrogen) atoms. The van der Waals surface area contributed by atoms with Gasteiger partial charge in [0, 0.05) is 6.20 Å². The number of amides is 2. The molecular weight excluding hydrogens is 212 g/mol. The fraction of sp³-hybridized carbons (Fsp3) is 0.444. The second-order valence-electron chi connectivity index (χ2n) is 3.65. The fourth-order valence-electron chi connectivity index (χ4n) is 1.14. The number of rotatable bonds is 4. The zero-order valence-corrected chi connectivity index (χ0v) is 9.02. The molecule has 0 aliphatic carbocycles. The van der Waals surface area contributed by atoms with Gasteiger partial charge in [-0.1, -0.05) is 13.8 Å². The van der Waals surface area contributed by atoms with Crippen LogP contribution in [0.2, 0.25) is 0 Å². The summed E-state index contributed by atoms with van der Waals surface area (Å²) in [5.41, 5.74) is 0.477. The van der Waals surface area contributed by atoms with E-state index in [1.165, 1.54) is 12.4 Å². The van der Waals surface area contributed by atoms with Crippen LogP contribution in [0, 0.1) is 5.92 Å². The van der Waals surface area contributed by atoms with Crippen LogP contribution in [0.3, 0.4) is 0 Å². The molecule has 0 aliphatic rings. The number of aromatic amines is 1. The summed E-state index contributed by atoms with van der Waals surface area (Å²) in [5.74, 6) is -1.25. The second kappa shape index (κ2) is 5.15. The van der Waals surface area contributed by atoms with E-state index < -0.39 is 18.0 Å². The molecule has 7 nitrogen and oxygen atoms in total. The molecule has 1 rings (SSSR count). The molecule has 4 N–H and O–H groups in total. The lowest BCUT2D eigenvalue weighted by Gasteiger charge is -2.17. The minimum absolute atomic E-state index is 0.187. The number of hydrogen-bond acceptors (Lipinski definition) is 3. The van der Waals surface area contributed by atoms with Crippen molar-refractivity contribution < 1.29 is 14.7 Å². The Labute approximate surface area is 92.2 Å². The molecule has 7 heteroatoms. The first-order valence-corrected chi connectivity index (χ1v) is 4.80. The Bertz CT molecular complexity index is 361. The molecule has 0 radical (unpaired) electrons. The summed E-state index contributed by atoms with van der Waals surface area (Å²) in [4.78, 5) is 22.2. The standard InChI is InChI=1S/C9H14N4O3/c1-5(2)7(8(14)15)13-9(16)12-6-3-10-11-4-6/h3-5,7H,1-2H3,(H,10,11)(H,14,15)(H2,12,13,16)/t7-/m0/s1. The highest BCUT2D eigenvalue weighted by molar-refractivity contribution is 5.92. The maximum Gasteiger partial charge on any atom is 0.326 e. The third-order valence-electron chi connectivity index (χ3n) is 1.98. The van der Waals surface area contributed by atoms with Crippen molar-refractivity contribution in [3.05, 3.63) is 12.4 Å². The SMILES string of the molecule is CC(C)[C@H](NC(=O)Nc1cn[nH]c1)C(=O)O. The average molecular weight is 226 g/mol. The van der Waals surface area contributed by atoms with Crippen molar-refractivity contribution in [3.63, 3.8) is 0 Å². The van der Waals surface area contributed by atoms with E-state index in [2.05, 4.69) is 20.8 Å². The van der Waals surface area contributed by atoms with Gasteiger partial charge in [-0.15, -0.1) is 0 Å². The number of aromatic nitrogens is 2. The summed E-state index contributed by atoms with van der Waals surface area (Å²) in [7, 11) is 0. The highest BCUT2D eigenvalue weighted by Gasteiger charge is 2.23. The Hall–Kier alpha value is -2.05. The van der Waals surface area contributed by atoms with Crippen molar-refractivity contribution in [2.45, 2.75) is 19.9 Å². The minimum Gasteiger partial charge on any atom is -0.480 e. The van der Waals surface area contributed by atoms with Crippen LogP contribution in [0.1, 0.15) is 13.8 Å². The third-order valence-corrected chi connectivity index (χ3v) is 1.98. The van der Waals surface area contributed by atoms with E-state index in [1.54, 1.807) is 13.8 Å². The topological polar surface area (TPSA) is 107 Å². The van der Waals surface area contributed by atoms with Crippen LogP contribution in [-0.2, 0) is 4.79 Å². The molecule has 2 amide bonds. The molecule has 0 fully saturated rings. The molecule has 0 aromatic carbocycles. The number of carbonyl (C=O) groups is 2. The van der Waals surface area contributed by atoms with Crippen LogP contribution in [0.25, 0.3) is 0 Å². The van der Waals surface area contributed by atoms with Gasteiger partial charge in [0.2, 0.25) is 0 Å². The Kier molecular flexibility index (Phi) is 3.87. The molecule has 88 valence electrons. The monoisotopic (exact) mass is 226 g/mol. The lowest BCUT2D eigenvalue weighted by atomic mass is 10.1. The molecule has 0 saturated carbocycles. The van der Waals surface area contributed by atoms with Crippen LogP contribution in [0.4, 0.5) is 10.5 Å². The summed E-state index contributed by atoms with van der Waals surface area (Å²) >= 11 is 0. The van der Waals surface area contributed by atoms with E-state index in [1.807, 2.05) is 0 Å². The Morgan fingerprint density at radius 2 is 2.19 bits per heavy atom. The van der Waals surface area contributed by atoms with Gasteiger partial charge >= 0.3 is 12.0 Å². The molecular formula is C9H14N4O3. The van der Waals surface area contributed by atoms with Crippen LogP contribution >= 0.6 is 0 Å². The minimum atomic E-state index is -1.06. The molecule has 1 aromatic heterocycles. The smallest absolute Gasteiger partial charge is 0.326 e. The van der Waals surface area contributed by atoms with Gasteiger partial charge in [-0.2, -0.15) is 5.10 Å². The first-order valence-electron chi connectivity index (χ1n) is 4.80. The summed E-state index contributed by atoms with van der Waals surface area (Å²) < 4.78 is 0. The van der Waals surface area contributed by atoms with E-state index in [4.69, 9.17) is 5.11 Å². The van der Waals surface area contributed by atoms with E-state index >= 15 is 0 Å². The van der Waals surface area contributed by atoms with E-state index in [0.717, 1.165) is 0 Å². The lowest BCUT2D eigenvalue weighted by Crippen LogP contribution is -2.46. The molecule has 0 saturated heterocycles. The van der Waals surface area contributed by atoms with Gasteiger partial charge in [0.05, 0.1) is 11.9 Å². The number of carboxylic acid groups (broad SMARTS) is 1. The van der Waals surface area contributed by atoms with Gasteiger partial charge in [-0.05, 0) is 5.92 Å². The first kappa shape index (κ1) is 12.0. The Morgan fingerprint density at radius 3 is 2.62 bits per heavy atom. The Balaban J connectivity index is 2.52. The third kappa shape index (κ3) is 3.26. The molecule has 0 unspecified atom stereocenters. The largest absolute Gasteiger partial charge is 0.480 e. The maximum atomic E-state index is 11.4. The Morgan fingerprint density at radius 1 is 1.50 bits per heavy atom. The maximum absolute atomic E-state index is 11.4. The predicted molar refractivity (Wildman–Crippen MR) is 57.0 cm³/mol. The fourth-order valence-corrected chi connectivity index (χ4v) is 1.14. The zero-order chi connectivity index (χ0) is 12.1. The molecule has 0 aliphatic heterocycles. The highest BCUT2D eigenvalue weighted by Crippen LogP contribution is 2.04. The summed E-state index contributed by atoms with van der Waals surface area (Å²) in [6.45, 7) is 3.44. The predicted octanol–water partition coefficient (Wildman–Crippen LogP) is 0.640. The first-order chi connectivity index (χ1) is 7.50. The van der Waals surface area contributed by atoms with Crippen LogP contribution in [0.15, 0.2) is 12.4 Å². The quantitative estimate of drug-likeness (QED) is 0.604. The number of carboxylic acids is 1. The van der Waals surface area contributed by atoms with E-state index in [-0.39, 0.29) is 5.92 Å². The van der Waals surface area contributed by atoms with Crippen molar-refractivity contribution in [1.82, 2.24) is 15.5 Å². The molecule has 1 aromatic rings. The number of aliphatic carboxylic acids is 1. The lowest BCUT2D eigenvalue weighted by molar-refractivity contribution is -0.140. The van der Waals surface area contributed by atoms with Crippen molar-refractivity contribution in [2.24, 2.45) is 5.92 Å². The summed E-state index contributed by atoms with van der Waals surface area (Å²) in [6, 6.07) is -1.48. The second-order valence-corrected chi connectivity index (χ2v) is 3.65. The van der Waals surface area contributed by atoms with Crippen LogP contribution in [0.5, 0.6) is 0 Å². The van der Waals surface area contributed by atoms with Crippen molar-refractivity contribution in [1.29, 1.82) is 0 Å². The molecule has 1 atom stereocenters. The van der Waals surface area contributed by atoms with Gasteiger partial charge in [0.1, 0.15) is 6.04 Å². The average Bonchev–Trinajstić information content (AvgIpc) is 2.65. The van der Waals surface area contributed by atoms with Crippen molar-refractivity contribution in [3.8, 4) is 0 Å². The van der Waals surface area contributed by atoms with Crippen LogP contribution < -0.4 is 10.6 Å². The normalized spacial score (nSPS) is 12.2. The van der Waals surface area contributed by atoms with Crippen LogP contribution in [-0.4, -0.2) is 33.3 Å². The number of H-pyrrole nitrogens is 1. The zero-order valence-electron chi connectivity index (χ0n) is 9.02. The van der Waals surface area contributed by atoms with E-state index in [9.17, 15) is 9.59 Å². The number of carbonyl (C=O) groups excluding carboxylic acids is 1. The molecule has 0 spiro atoms. The van der Waals surface area contributed by atoms with Gasteiger partial charge < -0.3 is 15.7 Å². The van der Waals surface area contributed by atoms with E-state index in [0.29, 0.717) is 5.69 Å². The summed E-state index contributed by atoms with van der Waals surface area (Å²) in [6.07, 6.45) is 2.91. The van der Waals surface area contributed by atoms with Gasteiger partial charge in [0.15, 0.2) is 0 Å². The number of anilines is 1. The summed E-state index contributed by atoms with van der Waals surface area (Å²) in [5, 5.41) is 19.8. The number of hydrogen-bond donors (Lipinski definition) is 4. The van der Waals surface area contributed by atoms with Gasteiger partial charge in [-0.25, -0.2) is 9.59 Å². The van der Waals surface area contributed by atoms with Gasteiger partial charge in [0.25, 0.3) is 0 Å². The molecule has 1 heterocycles. The highest BCUT2D eigenvalue weighted by atomic mass is 16.4. The van der Waals surface area contributed by atoms with Crippen molar-refractivity contribution >= 4 is 17.7 Å². The molecule has 0 bridgehead atoms.